The quantitative estimate of drug-likeness (QED) is 0.776. The third-order valence-electron chi connectivity index (χ3n) is 5.05. The first-order chi connectivity index (χ1) is 10.1. The molecule has 122 valence electrons. The molecule has 2 aliphatic heterocycles. The zero-order chi connectivity index (χ0) is 15.2. The topological polar surface area (TPSA) is 23.6 Å². The molecule has 0 saturated carbocycles. The number of hydrogen-bond donors (Lipinski definition) is 0. The van der Waals surface area contributed by atoms with Crippen molar-refractivity contribution in [1.29, 1.82) is 0 Å². The predicted molar refractivity (Wildman–Crippen MR) is 88.2 cm³/mol. The molecule has 1 amide bonds. The number of piperidine rings is 2. The fraction of sp³-hybridized carbons (Fsp3) is 0.944. The molecule has 2 rings (SSSR count). The third kappa shape index (κ3) is 5.28. The van der Waals surface area contributed by atoms with Gasteiger partial charge in [0.2, 0.25) is 5.91 Å². The van der Waals surface area contributed by atoms with E-state index in [1.54, 1.807) is 0 Å². The summed E-state index contributed by atoms with van der Waals surface area (Å²) in [7, 11) is 0. The Kier molecular flexibility index (Phi) is 6.53. The Bertz CT molecular complexity index is 315. The summed E-state index contributed by atoms with van der Waals surface area (Å²) in [5.41, 5.74) is 0. The Morgan fingerprint density at radius 2 is 1.62 bits per heavy atom. The summed E-state index contributed by atoms with van der Waals surface area (Å²) in [6.45, 7) is 12.4. The molecule has 0 unspecified atom stereocenters. The number of carbonyl (C=O) groups is 1. The molecule has 0 bridgehead atoms. The highest BCUT2D eigenvalue weighted by Crippen LogP contribution is 2.23. The van der Waals surface area contributed by atoms with Gasteiger partial charge in [-0.05, 0) is 63.5 Å². The molecule has 1 atom stereocenters. The van der Waals surface area contributed by atoms with Gasteiger partial charge in [0, 0.05) is 25.6 Å². The van der Waals surface area contributed by atoms with Crippen LogP contribution >= 0.6 is 0 Å². The normalized spacial score (nSPS) is 23.5. The molecule has 0 N–H and O–H groups in total. The SMILES string of the molecule is CC(C)C[C@H](C)CN1CCC(C(=O)N2CCCCC2)CC1. The fourth-order valence-corrected chi connectivity index (χ4v) is 4.06. The predicted octanol–water partition coefficient (Wildman–Crippen LogP) is 3.39. The van der Waals surface area contributed by atoms with Gasteiger partial charge in [-0.15, -0.1) is 0 Å². The van der Waals surface area contributed by atoms with Crippen molar-refractivity contribution in [1.82, 2.24) is 9.80 Å². The zero-order valence-corrected chi connectivity index (χ0v) is 14.3. The third-order valence-corrected chi connectivity index (χ3v) is 5.05. The van der Waals surface area contributed by atoms with E-state index in [0.29, 0.717) is 11.8 Å². The van der Waals surface area contributed by atoms with Gasteiger partial charge in [0.1, 0.15) is 0 Å². The van der Waals surface area contributed by atoms with E-state index in [1.807, 2.05) is 0 Å². The lowest BCUT2D eigenvalue weighted by atomic mass is 9.92. The average Bonchev–Trinajstić information content (AvgIpc) is 2.47. The molecule has 0 aromatic carbocycles. The highest BCUT2D eigenvalue weighted by Gasteiger charge is 2.29. The van der Waals surface area contributed by atoms with Crippen LogP contribution in [0.4, 0.5) is 0 Å². The van der Waals surface area contributed by atoms with Crippen LogP contribution < -0.4 is 0 Å². The monoisotopic (exact) mass is 294 g/mol. The molecule has 0 radical (unpaired) electrons. The van der Waals surface area contributed by atoms with Crippen LogP contribution in [0.5, 0.6) is 0 Å². The Morgan fingerprint density at radius 1 is 1.00 bits per heavy atom. The maximum Gasteiger partial charge on any atom is 0.225 e. The second-order valence-corrected chi connectivity index (χ2v) is 7.70. The van der Waals surface area contributed by atoms with Crippen LogP contribution in [0.3, 0.4) is 0 Å². The second kappa shape index (κ2) is 8.17. The summed E-state index contributed by atoms with van der Waals surface area (Å²) in [6.07, 6.45) is 7.17. The summed E-state index contributed by atoms with van der Waals surface area (Å²) in [4.78, 5) is 17.2. The molecule has 2 fully saturated rings. The van der Waals surface area contributed by atoms with Crippen LogP contribution in [0.25, 0.3) is 0 Å². The summed E-state index contributed by atoms with van der Waals surface area (Å²) >= 11 is 0. The van der Waals surface area contributed by atoms with Crippen LogP contribution in [-0.4, -0.2) is 48.4 Å². The van der Waals surface area contributed by atoms with Gasteiger partial charge in [-0.3, -0.25) is 4.79 Å². The van der Waals surface area contributed by atoms with Crippen molar-refractivity contribution in [2.24, 2.45) is 17.8 Å². The van der Waals surface area contributed by atoms with Gasteiger partial charge in [0.25, 0.3) is 0 Å². The van der Waals surface area contributed by atoms with Gasteiger partial charge in [0.05, 0.1) is 0 Å². The van der Waals surface area contributed by atoms with Crippen molar-refractivity contribution in [3.05, 3.63) is 0 Å². The number of carbonyl (C=O) groups excluding carboxylic acids is 1. The molecule has 0 aliphatic carbocycles. The van der Waals surface area contributed by atoms with E-state index in [4.69, 9.17) is 0 Å². The van der Waals surface area contributed by atoms with Gasteiger partial charge in [-0.2, -0.15) is 0 Å². The summed E-state index contributed by atoms with van der Waals surface area (Å²) in [5.74, 6) is 2.32. The minimum Gasteiger partial charge on any atom is -0.342 e. The van der Waals surface area contributed by atoms with Crippen LogP contribution in [0.2, 0.25) is 0 Å². The number of rotatable bonds is 5. The van der Waals surface area contributed by atoms with Crippen LogP contribution in [0.1, 0.15) is 59.3 Å². The van der Waals surface area contributed by atoms with Crippen molar-refractivity contribution in [2.75, 3.05) is 32.7 Å². The lowest BCUT2D eigenvalue weighted by Crippen LogP contribution is -2.45. The van der Waals surface area contributed by atoms with Gasteiger partial charge in [-0.25, -0.2) is 0 Å². The van der Waals surface area contributed by atoms with Crippen molar-refractivity contribution in [3.63, 3.8) is 0 Å². The summed E-state index contributed by atoms with van der Waals surface area (Å²) in [6, 6.07) is 0. The number of nitrogens with zero attached hydrogens (tertiary/aromatic N) is 2. The Labute approximate surface area is 131 Å². The number of likely N-dealkylation sites (tertiary alicyclic amines) is 2. The maximum absolute atomic E-state index is 12.5. The summed E-state index contributed by atoms with van der Waals surface area (Å²) in [5, 5.41) is 0. The largest absolute Gasteiger partial charge is 0.342 e. The number of hydrogen-bond acceptors (Lipinski definition) is 2. The van der Waals surface area contributed by atoms with Crippen LogP contribution in [-0.2, 0) is 4.79 Å². The molecule has 0 aromatic rings. The van der Waals surface area contributed by atoms with Crippen molar-refractivity contribution in [2.45, 2.75) is 59.3 Å². The van der Waals surface area contributed by atoms with E-state index < -0.39 is 0 Å². The van der Waals surface area contributed by atoms with Crippen LogP contribution in [0, 0.1) is 17.8 Å². The van der Waals surface area contributed by atoms with Crippen molar-refractivity contribution in [3.8, 4) is 0 Å². The van der Waals surface area contributed by atoms with Crippen LogP contribution in [0.15, 0.2) is 0 Å². The number of amides is 1. The Hall–Kier alpha value is -0.570. The molecule has 2 saturated heterocycles. The van der Waals surface area contributed by atoms with E-state index in [2.05, 4.69) is 30.6 Å². The molecule has 3 heteroatoms. The van der Waals surface area contributed by atoms with Crippen molar-refractivity contribution < 1.29 is 4.79 Å². The van der Waals surface area contributed by atoms with Gasteiger partial charge in [0.15, 0.2) is 0 Å². The van der Waals surface area contributed by atoms with E-state index in [0.717, 1.165) is 50.9 Å². The molecular weight excluding hydrogens is 260 g/mol. The van der Waals surface area contributed by atoms with Gasteiger partial charge in [-0.1, -0.05) is 20.8 Å². The lowest BCUT2D eigenvalue weighted by Gasteiger charge is -2.36. The second-order valence-electron chi connectivity index (χ2n) is 7.70. The van der Waals surface area contributed by atoms with E-state index in [-0.39, 0.29) is 0 Å². The van der Waals surface area contributed by atoms with E-state index >= 15 is 0 Å². The summed E-state index contributed by atoms with van der Waals surface area (Å²) < 4.78 is 0. The highest BCUT2D eigenvalue weighted by atomic mass is 16.2. The minimum atomic E-state index is 0.305. The Morgan fingerprint density at radius 3 is 2.19 bits per heavy atom. The average molecular weight is 294 g/mol. The maximum atomic E-state index is 12.5. The molecule has 0 spiro atoms. The molecule has 2 heterocycles. The lowest BCUT2D eigenvalue weighted by molar-refractivity contribution is -0.138. The molecule has 2 aliphatic rings. The standard InChI is InChI=1S/C18H34N2O/c1-15(2)13-16(3)14-19-11-7-17(8-12-19)18(21)20-9-5-4-6-10-20/h15-17H,4-14H2,1-3H3/t16-/m0/s1. The Balaban J connectivity index is 1.71. The smallest absolute Gasteiger partial charge is 0.225 e. The molecule has 0 aromatic heterocycles. The first-order valence-corrected chi connectivity index (χ1v) is 9.07. The first-order valence-electron chi connectivity index (χ1n) is 9.07. The van der Waals surface area contributed by atoms with Gasteiger partial charge >= 0.3 is 0 Å². The van der Waals surface area contributed by atoms with E-state index in [1.165, 1.54) is 32.2 Å². The van der Waals surface area contributed by atoms with E-state index in [9.17, 15) is 4.79 Å². The molecule has 3 nitrogen and oxygen atoms in total. The first kappa shape index (κ1) is 16.8. The highest BCUT2D eigenvalue weighted by molar-refractivity contribution is 5.79. The molecular formula is C18H34N2O. The minimum absolute atomic E-state index is 0.305. The fourth-order valence-electron chi connectivity index (χ4n) is 4.06. The molecule has 21 heavy (non-hydrogen) atoms. The zero-order valence-electron chi connectivity index (χ0n) is 14.3. The van der Waals surface area contributed by atoms with Crippen molar-refractivity contribution >= 4 is 5.91 Å². The van der Waals surface area contributed by atoms with Gasteiger partial charge < -0.3 is 9.80 Å².